The van der Waals surface area contributed by atoms with Crippen molar-refractivity contribution in [3.63, 3.8) is 0 Å². The van der Waals surface area contributed by atoms with Gasteiger partial charge in [-0.15, -0.1) is 0 Å². The lowest BCUT2D eigenvalue weighted by Crippen LogP contribution is -3.08. The monoisotopic (exact) mass is 379 g/mol. The van der Waals surface area contributed by atoms with Crippen molar-refractivity contribution in [3.05, 3.63) is 66.2 Å². The average molecular weight is 379 g/mol. The summed E-state index contributed by atoms with van der Waals surface area (Å²) in [6.07, 6.45) is 0. The number of methoxy groups -OCH3 is 1. The number of benzene rings is 3. The molecule has 0 spiro atoms. The highest BCUT2D eigenvalue weighted by molar-refractivity contribution is 5.94. The second kappa shape index (κ2) is 9.24. The highest BCUT2D eigenvalue weighted by Gasteiger charge is 2.13. The molecule has 1 unspecified atom stereocenters. The van der Waals surface area contributed by atoms with Gasteiger partial charge in [-0.1, -0.05) is 30.3 Å². The molecule has 0 aliphatic heterocycles. The average Bonchev–Trinajstić information content (AvgIpc) is 2.69. The lowest BCUT2D eigenvalue weighted by molar-refractivity contribution is -0.885. The first kappa shape index (κ1) is 19.7. The van der Waals surface area contributed by atoms with Gasteiger partial charge < -0.3 is 19.7 Å². The summed E-state index contributed by atoms with van der Waals surface area (Å²) in [5.74, 6) is 1.44. The SMILES string of the molecule is CCOc1ccc(C[NH+](C)CC(=O)Nc2ccc3ccccc3c2)cc1OC. The van der Waals surface area contributed by atoms with E-state index in [1.54, 1.807) is 7.11 Å². The lowest BCUT2D eigenvalue weighted by atomic mass is 10.1. The third kappa shape index (κ3) is 5.02. The normalized spacial score (nSPS) is 11.8. The molecule has 3 rings (SSSR count). The Bertz CT molecular complexity index is 955. The highest BCUT2D eigenvalue weighted by atomic mass is 16.5. The Labute approximate surface area is 165 Å². The summed E-state index contributed by atoms with van der Waals surface area (Å²) in [6.45, 7) is 3.63. The van der Waals surface area contributed by atoms with Crippen LogP contribution in [0.5, 0.6) is 11.5 Å². The fraction of sp³-hybridized carbons (Fsp3) is 0.261. The van der Waals surface area contributed by atoms with E-state index in [2.05, 4.69) is 11.4 Å². The van der Waals surface area contributed by atoms with Crippen LogP contribution in [-0.2, 0) is 11.3 Å². The number of hydrogen-bond acceptors (Lipinski definition) is 3. The van der Waals surface area contributed by atoms with Crippen molar-refractivity contribution < 1.29 is 19.2 Å². The third-order valence-corrected chi connectivity index (χ3v) is 4.53. The molecular formula is C23H27N2O3+. The van der Waals surface area contributed by atoms with Gasteiger partial charge in [-0.25, -0.2) is 0 Å². The molecule has 0 bridgehead atoms. The second-order valence-corrected chi connectivity index (χ2v) is 6.84. The Morgan fingerprint density at radius 3 is 2.54 bits per heavy atom. The van der Waals surface area contributed by atoms with Crippen molar-refractivity contribution >= 4 is 22.4 Å². The molecule has 146 valence electrons. The van der Waals surface area contributed by atoms with E-state index in [-0.39, 0.29) is 5.91 Å². The van der Waals surface area contributed by atoms with E-state index in [1.807, 2.05) is 68.6 Å². The van der Waals surface area contributed by atoms with Gasteiger partial charge in [0, 0.05) is 11.3 Å². The van der Waals surface area contributed by atoms with E-state index >= 15 is 0 Å². The first-order chi connectivity index (χ1) is 13.6. The zero-order valence-corrected chi connectivity index (χ0v) is 16.6. The largest absolute Gasteiger partial charge is 0.493 e. The molecule has 5 heteroatoms. The first-order valence-corrected chi connectivity index (χ1v) is 9.48. The fourth-order valence-corrected chi connectivity index (χ4v) is 3.25. The maximum absolute atomic E-state index is 12.4. The number of ether oxygens (including phenoxy) is 2. The minimum atomic E-state index is -0.00863. The molecule has 2 N–H and O–H groups in total. The molecule has 5 nitrogen and oxygen atoms in total. The zero-order valence-electron chi connectivity index (χ0n) is 16.6. The topological polar surface area (TPSA) is 52.0 Å². The number of carbonyl (C=O) groups excluding carboxylic acids is 1. The fourth-order valence-electron chi connectivity index (χ4n) is 3.25. The van der Waals surface area contributed by atoms with Gasteiger partial charge in [0.2, 0.25) is 0 Å². The van der Waals surface area contributed by atoms with E-state index in [4.69, 9.17) is 9.47 Å². The molecule has 1 amide bonds. The molecule has 3 aromatic rings. The maximum Gasteiger partial charge on any atom is 0.279 e. The van der Waals surface area contributed by atoms with Crippen LogP contribution in [0.3, 0.4) is 0 Å². The van der Waals surface area contributed by atoms with E-state index < -0.39 is 0 Å². The van der Waals surface area contributed by atoms with Crippen molar-refractivity contribution in [3.8, 4) is 11.5 Å². The summed E-state index contributed by atoms with van der Waals surface area (Å²) >= 11 is 0. The molecule has 1 atom stereocenters. The van der Waals surface area contributed by atoms with Gasteiger partial charge in [-0.3, -0.25) is 4.79 Å². The molecule has 28 heavy (non-hydrogen) atoms. The summed E-state index contributed by atoms with van der Waals surface area (Å²) in [4.78, 5) is 13.5. The number of hydrogen-bond donors (Lipinski definition) is 2. The number of nitrogens with one attached hydrogen (secondary N) is 2. The molecule has 0 saturated carbocycles. The Hall–Kier alpha value is -3.05. The van der Waals surface area contributed by atoms with Gasteiger partial charge >= 0.3 is 0 Å². The van der Waals surface area contributed by atoms with Gasteiger partial charge in [-0.2, -0.15) is 0 Å². The molecule has 0 radical (unpaired) electrons. The van der Waals surface area contributed by atoms with Gasteiger partial charge in [0.05, 0.1) is 20.8 Å². The van der Waals surface area contributed by atoms with Crippen LogP contribution in [-0.4, -0.2) is 33.2 Å². The van der Waals surface area contributed by atoms with E-state index in [1.165, 1.54) is 0 Å². The van der Waals surface area contributed by atoms with Crippen molar-refractivity contribution in [1.29, 1.82) is 0 Å². The van der Waals surface area contributed by atoms with Crippen LogP contribution in [0, 0.1) is 0 Å². The number of amides is 1. The number of quaternary nitrogens is 1. The number of carbonyl (C=O) groups is 1. The Morgan fingerprint density at radius 1 is 1.00 bits per heavy atom. The number of rotatable bonds is 8. The lowest BCUT2D eigenvalue weighted by Gasteiger charge is -2.16. The molecule has 0 fully saturated rings. The van der Waals surface area contributed by atoms with Crippen molar-refractivity contribution in [1.82, 2.24) is 0 Å². The van der Waals surface area contributed by atoms with Crippen LogP contribution in [0.4, 0.5) is 5.69 Å². The number of fused-ring (bicyclic) bond motifs is 1. The van der Waals surface area contributed by atoms with E-state index in [9.17, 15) is 4.79 Å². The summed E-state index contributed by atoms with van der Waals surface area (Å²) in [7, 11) is 3.64. The van der Waals surface area contributed by atoms with Crippen LogP contribution in [0.25, 0.3) is 10.8 Å². The van der Waals surface area contributed by atoms with Crippen LogP contribution >= 0.6 is 0 Å². The summed E-state index contributed by atoms with van der Waals surface area (Å²) in [6, 6.07) is 20.0. The van der Waals surface area contributed by atoms with Crippen LogP contribution < -0.4 is 19.7 Å². The third-order valence-electron chi connectivity index (χ3n) is 4.53. The summed E-state index contributed by atoms with van der Waals surface area (Å²) in [5.41, 5.74) is 1.91. The van der Waals surface area contributed by atoms with Gasteiger partial charge in [0.25, 0.3) is 5.91 Å². The molecular weight excluding hydrogens is 352 g/mol. The predicted octanol–water partition coefficient (Wildman–Crippen LogP) is 2.90. The van der Waals surface area contributed by atoms with Gasteiger partial charge in [0.15, 0.2) is 18.0 Å². The molecule has 0 heterocycles. The van der Waals surface area contributed by atoms with Crippen LogP contribution in [0.2, 0.25) is 0 Å². The predicted molar refractivity (Wildman–Crippen MR) is 112 cm³/mol. The highest BCUT2D eigenvalue weighted by Crippen LogP contribution is 2.27. The van der Waals surface area contributed by atoms with E-state index in [0.29, 0.717) is 25.4 Å². The Morgan fingerprint density at radius 2 is 1.79 bits per heavy atom. The van der Waals surface area contributed by atoms with Gasteiger partial charge in [0.1, 0.15) is 6.54 Å². The molecule has 0 aromatic heterocycles. The standard InChI is InChI=1S/C23H26N2O3/c1-4-28-21-12-9-17(13-22(21)27-3)15-25(2)16-23(26)24-20-11-10-18-7-5-6-8-19(18)14-20/h5-14H,4,15-16H2,1-3H3,(H,24,26)/p+1. The zero-order chi connectivity index (χ0) is 19.9. The van der Waals surface area contributed by atoms with E-state index in [0.717, 1.165) is 32.7 Å². The summed E-state index contributed by atoms with van der Waals surface area (Å²) < 4.78 is 11.0. The second-order valence-electron chi connectivity index (χ2n) is 6.84. The first-order valence-electron chi connectivity index (χ1n) is 9.48. The number of likely N-dealkylation sites (N-methyl/N-ethyl adjacent to an activating group) is 1. The smallest absolute Gasteiger partial charge is 0.279 e. The number of anilines is 1. The minimum absolute atomic E-state index is 0.00863. The minimum Gasteiger partial charge on any atom is -0.493 e. The Kier molecular flexibility index (Phi) is 6.50. The molecule has 0 aliphatic carbocycles. The molecule has 3 aromatic carbocycles. The summed E-state index contributed by atoms with van der Waals surface area (Å²) in [5, 5.41) is 5.27. The quantitative estimate of drug-likeness (QED) is 0.633. The van der Waals surface area contributed by atoms with Crippen molar-refractivity contribution in [2.45, 2.75) is 13.5 Å². The van der Waals surface area contributed by atoms with Crippen molar-refractivity contribution in [2.75, 3.05) is 32.6 Å². The molecule has 0 aliphatic rings. The van der Waals surface area contributed by atoms with Crippen LogP contribution in [0.15, 0.2) is 60.7 Å². The van der Waals surface area contributed by atoms with Crippen LogP contribution in [0.1, 0.15) is 12.5 Å². The molecule has 0 saturated heterocycles. The van der Waals surface area contributed by atoms with Crippen molar-refractivity contribution in [2.24, 2.45) is 0 Å². The Balaban J connectivity index is 1.59. The maximum atomic E-state index is 12.4. The van der Waals surface area contributed by atoms with Gasteiger partial charge in [-0.05, 0) is 48.0 Å².